The first-order chi connectivity index (χ1) is 14.3. The van der Waals surface area contributed by atoms with Gasteiger partial charge < -0.3 is 18.9 Å². The van der Waals surface area contributed by atoms with Gasteiger partial charge in [0.25, 0.3) is 0 Å². The summed E-state index contributed by atoms with van der Waals surface area (Å²) in [4.78, 5) is 29.9. The third-order valence-electron chi connectivity index (χ3n) is 4.23. The molecule has 0 spiro atoms. The van der Waals surface area contributed by atoms with Crippen LogP contribution in [0.1, 0.15) is 5.56 Å². The Kier molecular flexibility index (Phi) is 5.77. The highest BCUT2D eigenvalue weighted by molar-refractivity contribution is 6.05. The number of hydrogen-bond acceptors (Lipinski definition) is 6. The molecular formula is C20H16F3N3O4. The third kappa shape index (κ3) is 3.97. The summed E-state index contributed by atoms with van der Waals surface area (Å²) in [5.41, 5.74) is -1.14. The maximum absolute atomic E-state index is 13.4. The maximum atomic E-state index is 13.4. The Balaban J connectivity index is 2.32. The fourth-order valence-corrected chi connectivity index (χ4v) is 2.86. The van der Waals surface area contributed by atoms with Crippen molar-refractivity contribution >= 4 is 17.6 Å². The lowest BCUT2D eigenvalue weighted by atomic mass is 10.1. The van der Waals surface area contributed by atoms with Crippen LogP contribution in [0.15, 0.2) is 72.6 Å². The molecule has 1 aromatic heterocycles. The van der Waals surface area contributed by atoms with E-state index in [4.69, 9.17) is 9.47 Å². The Hall–Kier alpha value is -3.82. The zero-order valence-electron chi connectivity index (χ0n) is 15.9. The molecule has 0 unspecified atom stereocenters. The fourth-order valence-electron chi connectivity index (χ4n) is 2.86. The molecule has 0 fully saturated rings. The van der Waals surface area contributed by atoms with Crippen LogP contribution in [-0.4, -0.2) is 35.7 Å². The van der Waals surface area contributed by atoms with Crippen molar-refractivity contribution in [3.05, 3.63) is 78.2 Å². The summed E-state index contributed by atoms with van der Waals surface area (Å²) in [5, 5.41) is 0. The van der Waals surface area contributed by atoms with E-state index in [1.54, 1.807) is 0 Å². The van der Waals surface area contributed by atoms with Gasteiger partial charge in [0.05, 0.1) is 43.1 Å². The number of ether oxygens (including phenoxy) is 2. The Bertz CT molecular complexity index is 1050. The molecule has 0 aliphatic carbocycles. The quantitative estimate of drug-likeness (QED) is 0.708. The Morgan fingerprint density at radius 2 is 1.77 bits per heavy atom. The van der Waals surface area contributed by atoms with E-state index in [0.29, 0.717) is 0 Å². The van der Waals surface area contributed by atoms with Crippen LogP contribution < -0.4 is 4.90 Å². The first-order valence-electron chi connectivity index (χ1n) is 8.52. The van der Waals surface area contributed by atoms with E-state index < -0.39 is 23.7 Å². The smallest absolute Gasteiger partial charge is 0.416 e. The number of halogens is 3. The van der Waals surface area contributed by atoms with Crippen molar-refractivity contribution < 1.29 is 32.2 Å². The lowest BCUT2D eigenvalue weighted by Crippen LogP contribution is -2.28. The molecule has 2 aromatic rings. The highest BCUT2D eigenvalue weighted by Crippen LogP contribution is 2.37. The van der Waals surface area contributed by atoms with Gasteiger partial charge in [0.2, 0.25) is 0 Å². The summed E-state index contributed by atoms with van der Waals surface area (Å²) < 4.78 is 51.3. The third-order valence-corrected chi connectivity index (χ3v) is 4.23. The van der Waals surface area contributed by atoms with Crippen LogP contribution in [0.25, 0.3) is 5.69 Å². The van der Waals surface area contributed by atoms with Crippen LogP contribution in [0.2, 0.25) is 0 Å². The van der Waals surface area contributed by atoms with E-state index in [0.717, 1.165) is 31.3 Å². The molecule has 1 aliphatic rings. The average molecular weight is 419 g/mol. The number of hydrogen-bond donors (Lipinski definition) is 0. The molecule has 0 saturated carbocycles. The Morgan fingerprint density at radius 3 is 2.37 bits per heavy atom. The molecule has 156 valence electrons. The molecule has 7 nitrogen and oxygen atoms in total. The molecule has 2 heterocycles. The first kappa shape index (κ1) is 20.9. The molecule has 30 heavy (non-hydrogen) atoms. The second kappa shape index (κ2) is 8.27. The number of anilines is 1. The van der Waals surface area contributed by atoms with Crippen LogP contribution in [0.4, 0.5) is 18.9 Å². The number of imidazole rings is 1. The molecular weight excluding hydrogens is 403 g/mol. The molecule has 0 bridgehead atoms. The number of aromatic nitrogens is 2. The van der Waals surface area contributed by atoms with Crippen molar-refractivity contribution in [2.24, 2.45) is 0 Å². The minimum Gasteiger partial charge on any atom is -0.465 e. The standard InChI is InChI=1S/C20H16F3N3O4/c1-29-18(27)14-5-3-4-9-26(17(14)19(28)30-2)16-11-13(20(21,22)23)6-7-15(16)25-10-8-24-12-25/h3-12H,1-2H3. The minimum atomic E-state index is -4.63. The highest BCUT2D eigenvalue weighted by atomic mass is 19.4. The topological polar surface area (TPSA) is 73.7 Å². The fraction of sp³-hybridized carbons (Fsp3) is 0.150. The van der Waals surface area contributed by atoms with Crippen LogP contribution >= 0.6 is 0 Å². The van der Waals surface area contributed by atoms with E-state index in [2.05, 4.69) is 4.98 Å². The lowest BCUT2D eigenvalue weighted by molar-refractivity contribution is -0.139. The zero-order chi connectivity index (χ0) is 21.9. The summed E-state index contributed by atoms with van der Waals surface area (Å²) in [5.74, 6) is -1.78. The summed E-state index contributed by atoms with van der Waals surface area (Å²) in [6.07, 6.45) is 5.36. The normalized spacial score (nSPS) is 14.0. The van der Waals surface area contributed by atoms with Gasteiger partial charge in [-0.05, 0) is 30.4 Å². The van der Waals surface area contributed by atoms with Gasteiger partial charge in [-0.1, -0.05) is 6.08 Å². The van der Waals surface area contributed by atoms with Gasteiger partial charge in [-0.25, -0.2) is 14.6 Å². The molecule has 1 aliphatic heterocycles. The number of carbonyl (C=O) groups excluding carboxylic acids is 2. The molecule has 1 aromatic carbocycles. The number of nitrogens with zero attached hydrogens (tertiary/aromatic N) is 3. The predicted octanol–water partition coefficient (Wildman–Crippen LogP) is 3.38. The number of rotatable bonds is 4. The maximum Gasteiger partial charge on any atom is 0.416 e. The van der Waals surface area contributed by atoms with E-state index in [1.807, 2.05) is 0 Å². The largest absolute Gasteiger partial charge is 0.465 e. The number of methoxy groups -OCH3 is 2. The molecule has 0 amide bonds. The number of benzene rings is 1. The molecule has 3 rings (SSSR count). The predicted molar refractivity (Wildman–Crippen MR) is 100 cm³/mol. The number of alkyl halides is 3. The van der Waals surface area contributed by atoms with Gasteiger partial charge in [-0.3, -0.25) is 0 Å². The summed E-state index contributed by atoms with van der Waals surface area (Å²) >= 11 is 0. The van der Waals surface area contributed by atoms with Crippen molar-refractivity contribution in [1.82, 2.24) is 9.55 Å². The minimum absolute atomic E-state index is 0.0235. The van der Waals surface area contributed by atoms with Gasteiger partial charge in [0.1, 0.15) is 5.70 Å². The van der Waals surface area contributed by atoms with Crippen LogP contribution in [0.3, 0.4) is 0 Å². The second-order valence-electron chi connectivity index (χ2n) is 5.99. The van der Waals surface area contributed by atoms with Crippen LogP contribution in [0.5, 0.6) is 0 Å². The van der Waals surface area contributed by atoms with Crippen molar-refractivity contribution in [3.8, 4) is 5.69 Å². The summed E-state index contributed by atoms with van der Waals surface area (Å²) in [6.45, 7) is 0. The molecule has 0 radical (unpaired) electrons. The Morgan fingerprint density at radius 1 is 1.03 bits per heavy atom. The second-order valence-corrected chi connectivity index (χ2v) is 5.99. The first-order valence-corrected chi connectivity index (χ1v) is 8.52. The zero-order valence-corrected chi connectivity index (χ0v) is 15.9. The lowest BCUT2D eigenvalue weighted by Gasteiger charge is -2.26. The van der Waals surface area contributed by atoms with Crippen LogP contribution in [-0.2, 0) is 25.2 Å². The van der Waals surface area contributed by atoms with E-state index in [9.17, 15) is 22.8 Å². The molecule has 0 atom stereocenters. The summed E-state index contributed by atoms with van der Waals surface area (Å²) in [7, 11) is 2.23. The van der Waals surface area contributed by atoms with Crippen molar-refractivity contribution in [2.75, 3.05) is 19.1 Å². The van der Waals surface area contributed by atoms with Gasteiger partial charge in [-0.2, -0.15) is 13.2 Å². The van der Waals surface area contributed by atoms with E-state index in [1.165, 1.54) is 53.8 Å². The van der Waals surface area contributed by atoms with E-state index in [-0.39, 0.29) is 22.6 Å². The molecule has 10 heteroatoms. The highest BCUT2D eigenvalue weighted by Gasteiger charge is 2.34. The number of allylic oxidation sites excluding steroid dienone is 2. The van der Waals surface area contributed by atoms with Gasteiger partial charge in [0.15, 0.2) is 0 Å². The van der Waals surface area contributed by atoms with Crippen molar-refractivity contribution in [3.63, 3.8) is 0 Å². The molecule has 0 saturated heterocycles. The SMILES string of the molecule is COC(=O)C1=C(C(=O)OC)N(c2cc(C(F)(F)F)ccc2-n2ccnc2)C=CC=C1. The van der Waals surface area contributed by atoms with E-state index >= 15 is 0 Å². The van der Waals surface area contributed by atoms with Gasteiger partial charge in [0, 0.05) is 18.6 Å². The van der Waals surface area contributed by atoms with Gasteiger partial charge >= 0.3 is 18.1 Å². The number of carbonyl (C=O) groups is 2. The average Bonchev–Trinajstić information content (AvgIpc) is 3.17. The Labute approximate surface area is 169 Å². The number of esters is 2. The monoisotopic (exact) mass is 419 g/mol. The summed E-state index contributed by atoms with van der Waals surface area (Å²) in [6, 6.07) is 3.04. The molecule has 0 N–H and O–H groups in total. The van der Waals surface area contributed by atoms with Crippen molar-refractivity contribution in [2.45, 2.75) is 6.18 Å². The van der Waals surface area contributed by atoms with Crippen LogP contribution in [0, 0.1) is 0 Å². The van der Waals surface area contributed by atoms with Gasteiger partial charge in [-0.15, -0.1) is 0 Å². The van der Waals surface area contributed by atoms with Crippen molar-refractivity contribution in [1.29, 1.82) is 0 Å².